The smallest absolute Gasteiger partial charge is 0.207 e. The Balaban J connectivity index is 2.80. The van der Waals surface area contributed by atoms with E-state index in [4.69, 9.17) is 11.6 Å². The molecule has 0 fully saturated rings. The summed E-state index contributed by atoms with van der Waals surface area (Å²) in [5, 5.41) is 0. The molecule has 1 aromatic heterocycles. The predicted molar refractivity (Wildman–Crippen MR) is 68.6 cm³/mol. The molecule has 0 amide bonds. The largest absolute Gasteiger partial charge is 0.250 e. The lowest BCUT2D eigenvalue weighted by molar-refractivity contribution is 0.434. The molecule has 1 N–H and O–H groups in total. The third-order valence-corrected chi connectivity index (χ3v) is 5.93. The van der Waals surface area contributed by atoms with Gasteiger partial charge >= 0.3 is 0 Å². The Morgan fingerprint density at radius 3 is 2.50 bits per heavy atom. The highest BCUT2D eigenvalue weighted by Crippen LogP contribution is 2.25. The Hall–Kier alpha value is -0.100. The summed E-state index contributed by atoms with van der Waals surface area (Å²) >= 11 is 6.79. The fourth-order valence-corrected chi connectivity index (χ4v) is 4.07. The van der Waals surface area contributed by atoms with Gasteiger partial charge in [0.15, 0.2) is 0 Å². The van der Waals surface area contributed by atoms with Crippen LogP contribution in [0, 0.1) is 5.92 Å². The number of rotatable bonds is 5. The van der Waals surface area contributed by atoms with Gasteiger partial charge in [0, 0.05) is 6.04 Å². The van der Waals surface area contributed by atoms with Gasteiger partial charge in [-0.25, -0.2) is 13.1 Å². The molecular formula is C10H16ClNO2S2. The van der Waals surface area contributed by atoms with Crippen LogP contribution >= 0.6 is 22.9 Å². The van der Waals surface area contributed by atoms with Gasteiger partial charge in [-0.2, -0.15) is 0 Å². The highest BCUT2D eigenvalue weighted by Gasteiger charge is 2.21. The Labute approximate surface area is 106 Å². The fourth-order valence-electron chi connectivity index (χ4n) is 1.21. The van der Waals surface area contributed by atoms with Crippen LogP contribution in [-0.2, 0) is 10.0 Å². The van der Waals surface area contributed by atoms with E-state index in [1.54, 1.807) is 6.07 Å². The summed E-state index contributed by atoms with van der Waals surface area (Å²) in [5.41, 5.74) is 0. The van der Waals surface area contributed by atoms with Gasteiger partial charge in [0.1, 0.15) is 4.21 Å². The third kappa shape index (κ3) is 3.45. The van der Waals surface area contributed by atoms with E-state index in [-0.39, 0.29) is 10.3 Å². The lowest BCUT2D eigenvalue weighted by Gasteiger charge is -2.19. The number of halogens is 1. The number of hydrogen-bond acceptors (Lipinski definition) is 3. The molecule has 1 heterocycles. The quantitative estimate of drug-likeness (QED) is 0.901. The number of hydrogen-bond donors (Lipinski definition) is 1. The van der Waals surface area contributed by atoms with Crippen LogP contribution in [0.1, 0.15) is 27.2 Å². The van der Waals surface area contributed by atoms with E-state index in [0.717, 1.165) is 17.8 Å². The summed E-state index contributed by atoms with van der Waals surface area (Å²) in [6.45, 7) is 5.94. The van der Waals surface area contributed by atoms with Crippen molar-refractivity contribution in [3.8, 4) is 0 Å². The van der Waals surface area contributed by atoms with Crippen molar-refractivity contribution < 1.29 is 8.42 Å². The second-order valence-corrected chi connectivity index (χ2v) is 7.51. The Morgan fingerprint density at radius 2 is 2.06 bits per heavy atom. The van der Waals surface area contributed by atoms with E-state index < -0.39 is 10.0 Å². The van der Waals surface area contributed by atoms with Gasteiger partial charge in [-0.1, -0.05) is 31.9 Å². The van der Waals surface area contributed by atoms with Crippen molar-refractivity contribution in [1.29, 1.82) is 0 Å². The molecule has 3 nitrogen and oxygen atoms in total. The molecule has 0 aliphatic heterocycles. The van der Waals surface area contributed by atoms with Crippen LogP contribution < -0.4 is 4.72 Å². The summed E-state index contributed by atoms with van der Waals surface area (Å²) in [6.07, 6.45) is 0.939. The second kappa shape index (κ2) is 5.49. The van der Waals surface area contributed by atoms with Gasteiger partial charge < -0.3 is 0 Å². The molecule has 0 aliphatic carbocycles. The van der Waals surface area contributed by atoms with Crippen molar-refractivity contribution in [3.05, 3.63) is 16.5 Å². The van der Waals surface area contributed by atoms with Crippen molar-refractivity contribution in [2.24, 2.45) is 5.92 Å². The molecule has 1 rings (SSSR count). The molecule has 0 aromatic carbocycles. The minimum Gasteiger partial charge on any atom is -0.207 e. The standard InChI is InChI=1S/C10H16ClNO2S2/c1-4-7(2)8(3)12-16(13,14)10-6-5-9(11)15-10/h5-8,12H,4H2,1-3H3. The highest BCUT2D eigenvalue weighted by molar-refractivity contribution is 7.91. The van der Waals surface area contributed by atoms with Gasteiger partial charge in [-0.3, -0.25) is 0 Å². The molecule has 1 aromatic rings. The van der Waals surface area contributed by atoms with Crippen LogP contribution in [0.25, 0.3) is 0 Å². The molecule has 0 radical (unpaired) electrons. The van der Waals surface area contributed by atoms with Crippen molar-refractivity contribution >= 4 is 33.0 Å². The number of thiophene rings is 1. The SMILES string of the molecule is CCC(C)C(C)NS(=O)(=O)c1ccc(Cl)s1. The average Bonchev–Trinajstić information content (AvgIpc) is 2.63. The van der Waals surface area contributed by atoms with Gasteiger partial charge in [-0.15, -0.1) is 11.3 Å². The van der Waals surface area contributed by atoms with Crippen LogP contribution in [0.2, 0.25) is 4.34 Å². The maximum atomic E-state index is 11.9. The van der Waals surface area contributed by atoms with Gasteiger partial charge in [0.2, 0.25) is 10.0 Å². The maximum Gasteiger partial charge on any atom is 0.250 e. The monoisotopic (exact) mass is 281 g/mol. The molecule has 0 saturated heterocycles. The maximum absolute atomic E-state index is 11.9. The zero-order valence-electron chi connectivity index (χ0n) is 9.53. The molecule has 92 valence electrons. The summed E-state index contributed by atoms with van der Waals surface area (Å²) in [7, 11) is -3.41. The molecule has 0 spiro atoms. The number of nitrogens with one attached hydrogen (secondary N) is 1. The van der Waals surface area contributed by atoms with Crippen molar-refractivity contribution in [1.82, 2.24) is 4.72 Å². The molecule has 6 heteroatoms. The van der Waals surface area contributed by atoms with Crippen LogP contribution in [-0.4, -0.2) is 14.5 Å². The first-order valence-electron chi connectivity index (χ1n) is 5.14. The van der Waals surface area contributed by atoms with E-state index in [2.05, 4.69) is 4.72 Å². The molecule has 2 atom stereocenters. The zero-order valence-corrected chi connectivity index (χ0v) is 11.9. The van der Waals surface area contributed by atoms with Crippen molar-refractivity contribution in [2.75, 3.05) is 0 Å². The molecule has 0 saturated carbocycles. The van der Waals surface area contributed by atoms with Crippen LogP contribution in [0.15, 0.2) is 16.3 Å². The van der Waals surface area contributed by atoms with Gasteiger partial charge in [0.25, 0.3) is 0 Å². The fraction of sp³-hybridized carbons (Fsp3) is 0.600. The Bertz CT molecular complexity index is 441. The minimum atomic E-state index is -3.41. The second-order valence-electron chi connectivity index (χ2n) is 3.85. The van der Waals surface area contributed by atoms with E-state index in [9.17, 15) is 8.42 Å². The summed E-state index contributed by atoms with van der Waals surface area (Å²) < 4.78 is 27.2. The molecular weight excluding hydrogens is 266 g/mol. The first-order valence-corrected chi connectivity index (χ1v) is 7.82. The summed E-state index contributed by atoms with van der Waals surface area (Å²) in [5.74, 6) is 0.310. The van der Waals surface area contributed by atoms with Crippen LogP contribution in [0.4, 0.5) is 0 Å². The zero-order chi connectivity index (χ0) is 12.3. The Morgan fingerprint density at radius 1 is 1.44 bits per heavy atom. The van der Waals surface area contributed by atoms with Crippen LogP contribution in [0.3, 0.4) is 0 Å². The van der Waals surface area contributed by atoms with E-state index in [0.29, 0.717) is 10.3 Å². The van der Waals surface area contributed by atoms with E-state index in [1.807, 2.05) is 20.8 Å². The molecule has 0 bridgehead atoms. The van der Waals surface area contributed by atoms with Gasteiger partial charge in [-0.05, 0) is 25.0 Å². The van der Waals surface area contributed by atoms with Crippen molar-refractivity contribution in [3.63, 3.8) is 0 Å². The van der Waals surface area contributed by atoms with E-state index >= 15 is 0 Å². The first kappa shape index (κ1) is 14.0. The third-order valence-electron chi connectivity index (χ3n) is 2.65. The van der Waals surface area contributed by atoms with Gasteiger partial charge in [0.05, 0.1) is 4.34 Å². The summed E-state index contributed by atoms with van der Waals surface area (Å²) in [6, 6.07) is 3.05. The molecule has 0 aliphatic rings. The predicted octanol–water partition coefficient (Wildman–Crippen LogP) is 3.11. The minimum absolute atomic E-state index is 0.0733. The topological polar surface area (TPSA) is 46.2 Å². The lowest BCUT2D eigenvalue weighted by Crippen LogP contribution is -2.36. The normalized spacial score (nSPS) is 16.0. The highest BCUT2D eigenvalue weighted by atomic mass is 35.5. The van der Waals surface area contributed by atoms with Crippen molar-refractivity contribution in [2.45, 2.75) is 37.4 Å². The Kier molecular flexibility index (Phi) is 4.79. The molecule has 16 heavy (non-hydrogen) atoms. The molecule has 2 unspecified atom stereocenters. The lowest BCUT2D eigenvalue weighted by atomic mass is 10.0. The number of sulfonamides is 1. The summed E-state index contributed by atoms with van der Waals surface area (Å²) in [4.78, 5) is 0. The van der Waals surface area contributed by atoms with E-state index in [1.165, 1.54) is 6.07 Å². The van der Waals surface area contributed by atoms with Crippen LogP contribution in [0.5, 0.6) is 0 Å². The average molecular weight is 282 g/mol. The first-order chi connectivity index (χ1) is 7.36.